The summed E-state index contributed by atoms with van der Waals surface area (Å²) in [7, 11) is -1.76. The second kappa shape index (κ2) is 9.60. The van der Waals surface area contributed by atoms with Crippen molar-refractivity contribution in [3.05, 3.63) is 59.2 Å². The van der Waals surface area contributed by atoms with Gasteiger partial charge in [0.05, 0.1) is 24.1 Å². The Morgan fingerprint density at radius 2 is 1.84 bits per heavy atom. The van der Waals surface area contributed by atoms with Gasteiger partial charge in [-0.25, -0.2) is 13.2 Å². The molecule has 1 atom stereocenters. The predicted octanol–water partition coefficient (Wildman–Crippen LogP) is 2.61. The van der Waals surface area contributed by atoms with E-state index in [0.717, 1.165) is 23.1 Å². The lowest BCUT2D eigenvalue weighted by Crippen LogP contribution is -2.34. The van der Waals surface area contributed by atoms with Crippen molar-refractivity contribution in [3.8, 4) is 5.75 Å². The molecule has 0 N–H and O–H groups in total. The lowest BCUT2D eigenvalue weighted by molar-refractivity contribution is -0.133. The number of anilines is 1. The number of esters is 1. The third kappa shape index (κ3) is 5.40. The topological polar surface area (TPSA) is 93.2 Å². The van der Waals surface area contributed by atoms with Crippen LogP contribution in [0.4, 0.5) is 5.69 Å². The number of hydrogen-bond donors (Lipinski definition) is 0. The number of rotatable bonds is 8. The van der Waals surface area contributed by atoms with E-state index in [1.165, 1.54) is 15.3 Å². The molecular weight excluding hydrogens is 432 g/mol. The molecule has 1 unspecified atom stereocenters. The monoisotopic (exact) mass is 460 g/mol. The number of hydrogen-bond acceptors (Lipinski definition) is 6. The Kier molecular flexibility index (Phi) is 7.08. The van der Waals surface area contributed by atoms with Crippen LogP contribution >= 0.6 is 0 Å². The summed E-state index contributed by atoms with van der Waals surface area (Å²) in [6.45, 7) is 4.31. The van der Waals surface area contributed by atoms with Crippen LogP contribution < -0.4 is 9.04 Å². The molecule has 1 amide bonds. The summed E-state index contributed by atoms with van der Waals surface area (Å²) >= 11 is 0. The first-order valence-corrected chi connectivity index (χ1v) is 12.2. The third-order valence-corrected chi connectivity index (χ3v) is 6.50. The number of amides is 1. The molecule has 2 aromatic rings. The lowest BCUT2D eigenvalue weighted by Gasteiger charge is -2.21. The highest BCUT2D eigenvalue weighted by Gasteiger charge is 2.33. The van der Waals surface area contributed by atoms with Gasteiger partial charge in [-0.1, -0.05) is 12.1 Å². The second-order valence-corrected chi connectivity index (χ2v) is 9.72. The molecule has 172 valence electrons. The summed E-state index contributed by atoms with van der Waals surface area (Å²) in [6, 6.07) is 12.0. The van der Waals surface area contributed by atoms with Gasteiger partial charge in [0.2, 0.25) is 10.0 Å². The Morgan fingerprint density at radius 1 is 1.16 bits per heavy atom. The van der Waals surface area contributed by atoms with E-state index in [1.54, 1.807) is 19.2 Å². The molecule has 0 bridgehead atoms. The molecule has 0 spiro atoms. The highest BCUT2D eigenvalue weighted by atomic mass is 32.2. The highest BCUT2D eigenvalue weighted by molar-refractivity contribution is 7.92. The van der Waals surface area contributed by atoms with Crippen molar-refractivity contribution in [2.75, 3.05) is 30.8 Å². The van der Waals surface area contributed by atoms with Crippen LogP contribution in [0.3, 0.4) is 0 Å². The number of benzene rings is 2. The molecule has 1 aliphatic heterocycles. The molecule has 0 aromatic heterocycles. The minimum Gasteiger partial charge on any atom is -0.494 e. The molecular formula is C23H28N2O6S. The molecule has 32 heavy (non-hydrogen) atoms. The summed E-state index contributed by atoms with van der Waals surface area (Å²) < 4.78 is 36.0. The molecule has 0 radical (unpaired) electrons. The van der Waals surface area contributed by atoms with Crippen molar-refractivity contribution in [2.24, 2.45) is 0 Å². The molecule has 2 aromatic carbocycles. The zero-order valence-corrected chi connectivity index (χ0v) is 19.5. The van der Waals surface area contributed by atoms with E-state index in [9.17, 15) is 18.0 Å². The number of likely N-dealkylation sites (N-methyl/N-ethyl adjacent to an activating group) is 1. The van der Waals surface area contributed by atoms with Crippen molar-refractivity contribution in [1.29, 1.82) is 0 Å². The number of carbonyl (C=O) groups excluding carboxylic acids is 2. The van der Waals surface area contributed by atoms with Crippen LogP contribution in [0.15, 0.2) is 42.5 Å². The Bertz CT molecular complexity index is 1100. The number of nitrogens with zero attached hydrogens (tertiary/aromatic N) is 2. The number of fused-ring (bicyclic) bond motifs is 1. The van der Waals surface area contributed by atoms with Gasteiger partial charge in [0.25, 0.3) is 5.91 Å². The fourth-order valence-electron chi connectivity index (χ4n) is 3.78. The molecule has 8 nitrogen and oxygen atoms in total. The molecule has 1 aliphatic rings. The van der Waals surface area contributed by atoms with Gasteiger partial charge in [-0.2, -0.15) is 0 Å². The molecule has 9 heteroatoms. The fourth-order valence-corrected chi connectivity index (χ4v) is 5.04. The largest absolute Gasteiger partial charge is 0.494 e. The number of carbonyl (C=O) groups is 2. The van der Waals surface area contributed by atoms with Gasteiger partial charge < -0.3 is 14.4 Å². The Morgan fingerprint density at radius 3 is 2.47 bits per heavy atom. The smallest absolute Gasteiger partial charge is 0.338 e. The number of sulfonamides is 1. The van der Waals surface area contributed by atoms with Gasteiger partial charge in [-0.3, -0.25) is 9.10 Å². The van der Waals surface area contributed by atoms with Crippen LogP contribution in [0.1, 0.15) is 35.3 Å². The first-order chi connectivity index (χ1) is 15.1. The van der Waals surface area contributed by atoms with Crippen LogP contribution in [0.5, 0.6) is 5.75 Å². The summed E-state index contributed by atoms with van der Waals surface area (Å²) in [6.07, 6.45) is 1.67. The van der Waals surface area contributed by atoms with Crippen LogP contribution in [0.25, 0.3) is 0 Å². The van der Waals surface area contributed by atoms with Crippen LogP contribution in [-0.2, 0) is 32.5 Å². The van der Waals surface area contributed by atoms with Crippen molar-refractivity contribution < 1.29 is 27.5 Å². The van der Waals surface area contributed by atoms with Gasteiger partial charge in [0.15, 0.2) is 6.61 Å². The van der Waals surface area contributed by atoms with E-state index in [4.69, 9.17) is 9.47 Å². The summed E-state index contributed by atoms with van der Waals surface area (Å²) in [4.78, 5) is 26.3. The predicted molar refractivity (Wildman–Crippen MR) is 121 cm³/mol. The standard InChI is InChI=1S/C23H28N2O6S/c1-5-30-20-9-6-17(7-10-20)14-24(3)22(26)15-31-23(27)18-8-11-21-19(13-18)12-16(2)25(21)32(4,28)29/h6-11,13,16H,5,12,14-15H2,1-4H3. The lowest BCUT2D eigenvalue weighted by atomic mass is 10.1. The number of ether oxygens (including phenoxy) is 2. The minimum absolute atomic E-state index is 0.218. The molecule has 0 aliphatic carbocycles. The van der Waals surface area contributed by atoms with Crippen molar-refractivity contribution in [3.63, 3.8) is 0 Å². The maximum Gasteiger partial charge on any atom is 0.338 e. The Labute approximate surface area is 188 Å². The van der Waals surface area contributed by atoms with Gasteiger partial charge in [-0.15, -0.1) is 0 Å². The third-order valence-electron chi connectivity index (χ3n) is 5.23. The SMILES string of the molecule is CCOc1ccc(CN(C)C(=O)COC(=O)c2ccc3c(c2)CC(C)N3S(C)(=O)=O)cc1. The average Bonchev–Trinajstić information content (AvgIpc) is 3.08. The van der Waals surface area contributed by atoms with E-state index in [0.29, 0.717) is 25.3 Å². The molecule has 1 heterocycles. The Balaban J connectivity index is 1.57. The van der Waals surface area contributed by atoms with Crippen LogP contribution in [0.2, 0.25) is 0 Å². The first-order valence-electron chi connectivity index (χ1n) is 10.3. The minimum atomic E-state index is -3.40. The zero-order valence-electron chi connectivity index (χ0n) is 18.7. The molecule has 0 saturated carbocycles. The van der Waals surface area contributed by atoms with E-state index in [-0.39, 0.29) is 24.1 Å². The highest BCUT2D eigenvalue weighted by Crippen LogP contribution is 2.34. The summed E-state index contributed by atoms with van der Waals surface area (Å²) in [5.74, 6) is -0.186. The summed E-state index contributed by atoms with van der Waals surface area (Å²) in [5, 5.41) is 0. The van der Waals surface area contributed by atoms with Crippen molar-refractivity contribution in [2.45, 2.75) is 32.9 Å². The van der Waals surface area contributed by atoms with E-state index < -0.39 is 16.0 Å². The Hall–Kier alpha value is -3.07. The fraction of sp³-hybridized carbons (Fsp3) is 0.391. The van der Waals surface area contributed by atoms with Gasteiger partial charge in [0, 0.05) is 19.6 Å². The van der Waals surface area contributed by atoms with Gasteiger partial charge >= 0.3 is 5.97 Å². The normalized spacial score (nSPS) is 15.2. The molecule has 3 rings (SSSR count). The maximum absolute atomic E-state index is 12.5. The maximum atomic E-state index is 12.5. The first kappa shape index (κ1) is 23.6. The average molecular weight is 461 g/mol. The van der Waals surface area contributed by atoms with Crippen LogP contribution in [0, 0.1) is 0 Å². The zero-order chi connectivity index (χ0) is 23.5. The van der Waals surface area contributed by atoms with Gasteiger partial charge in [-0.05, 0) is 61.7 Å². The van der Waals surface area contributed by atoms with Crippen molar-refractivity contribution in [1.82, 2.24) is 4.90 Å². The van der Waals surface area contributed by atoms with Crippen LogP contribution in [-0.4, -0.2) is 57.8 Å². The van der Waals surface area contributed by atoms with Gasteiger partial charge in [0.1, 0.15) is 5.75 Å². The van der Waals surface area contributed by atoms with E-state index in [2.05, 4.69) is 0 Å². The second-order valence-electron chi connectivity index (χ2n) is 7.86. The van der Waals surface area contributed by atoms with E-state index >= 15 is 0 Å². The summed E-state index contributed by atoms with van der Waals surface area (Å²) in [5.41, 5.74) is 2.55. The molecule has 0 saturated heterocycles. The van der Waals surface area contributed by atoms with Crippen molar-refractivity contribution >= 4 is 27.6 Å². The van der Waals surface area contributed by atoms with E-state index in [1.807, 2.05) is 38.1 Å². The molecule has 0 fully saturated rings. The quantitative estimate of drug-likeness (QED) is 0.562.